The molecule has 0 amide bonds. The summed E-state index contributed by atoms with van der Waals surface area (Å²) in [7, 11) is 0. The number of hydrogen-bond donors (Lipinski definition) is 0. The van der Waals surface area contributed by atoms with Gasteiger partial charge in [-0.3, -0.25) is 0 Å². The van der Waals surface area contributed by atoms with Gasteiger partial charge in [0.2, 0.25) is 0 Å². The molecular weight excluding hydrogens is 663 g/mol. The highest BCUT2D eigenvalue weighted by molar-refractivity contribution is 5.97. The smallest absolute Gasteiger partial charge is 0.0465 e. The molecule has 0 saturated carbocycles. The number of hydrogen-bond acceptors (Lipinski definition) is 1. The summed E-state index contributed by atoms with van der Waals surface area (Å²) in [5, 5.41) is 0. The van der Waals surface area contributed by atoms with Crippen molar-refractivity contribution in [2.75, 3.05) is 4.90 Å². The van der Waals surface area contributed by atoms with Gasteiger partial charge in [-0.25, -0.2) is 0 Å². The van der Waals surface area contributed by atoms with Gasteiger partial charge in [0.15, 0.2) is 0 Å². The lowest BCUT2D eigenvalue weighted by Gasteiger charge is -2.28. The maximum Gasteiger partial charge on any atom is 0.0465 e. The van der Waals surface area contributed by atoms with Gasteiger partial charge in [0.25, 0.3) is 0 Å². The van der Waals surface area contributed by atoms with Crippen LogP contribution in [-0.2, 0) is 10.8 Å². The fraction of sp³-hybridized carbons (Fsp3) is 0.111. The SMILES string of the molecule is CC1(C)c2ccccc2-c2ccc(N(c3ccc(-c4ccccc4)cc3)c3ccc(-c4ccccc4-c4cccc5c4-c4ccccc4C5(C)C)cc3)cc21. The third-order valence-corrected chi connectivity index (χ3v) is 12.3. The Morgan fingerprint density at radius 2 is 0.745 bits per heavy atom. The quantitative estimate of drug-likeness (QED) is 0.166. The van der Waals surface area contributed by atoms with Crippen LogP contribution >= 0.6 is 0 Å². The molecule has 8 aromatic carbocycles. The van der Waals surface area contributed by atoms with E-state index >= 15 is 0 Å². The molecular formula is C54H43N. The first kappa shape index (κ1) is 33.2. The summed E-state index contributed by atoms with van der Waals surface area (Å²) < 4.78 is 0. The van der Waals surface area contributed by atoms with Crippen molar-refractivity contribution in [2.24, 2.45) is 0 Å². The van der Waals surface area contributed by atoms with E-state index in [-0.39, 0.29) is 10.8 Å². The molecule has 8 aromatic rings. The van der Waals surface area contributed by atoms with Crippen LogP contribution in [0.2, 0.25) is 0 Å². The highest BCUT2D eigenvalue weighted by Crippen LogP contribution is 2.54. The Morgan fingerprint density at radius 3 is 1.44 bits per heavy atom. The summed E-state index contributed by atoms with van der Waals surface area (Å²) in [6, 6.07) is 69.4. The maximum atomic E-state index is 2.42. The van der Waals surface area contributed by atoms with Crippen molar-refractivity contribution in [3.63, 3.8) is 0 Å². The molecule has 0 spiro atoms. The van der Waals surface area contributed by atoms with Crippen LogP contribution in [0.1, 0.15) is 49.9 Å². The summed E-state index contributed by atoms with van der Waals surface area (Å²) >= 11 is 0. The average molecular weight is 706 g/mol. The number of fused-ring (bicyclic) bond motifs is 6. The predicted octanol–water partition coefficient (Wildman–Crippen LogP) is 14.8. The number of nitrogens with zero attached hydrogens (tertiary/aromatic N) is 1. The minimum atomic E-state index is -0.0916. The van der Waals surface area contributed by atoms with E-state index in [0.717, 1.165) is 17.1 Å². The Hall–Kier alpha value is -6.44. The monoisotopic (exact) mass is 705 g/mol. The first-order chi connectivity index (χ1) is 26.8. The van der Waals surface area contributed by atoms with Crippen LogP contribution in [0, 0.1) is 0 Å². The number of anilines is 3. The minimum absolute atomic E-state index is 0.0448. The normalized spacial score (nSPS) is 14.1. The van der Waals surface area contributed by atoms with E-state index < -0.39 is 0 Å². The highest BCUT2D eigenvalue weighted by atomic mass is 15.1. The van der Waals surface area contributed by atoms with Gasteiger partial charge in [-0.15, -0.1) is 0 Å². The van der Waals surface area contributed by atoms with Gasteiger partial charge < -0.3 is 4.90 Å². The van der Waals surface area contributed by atoms with E-state index in [9.17, 15) is 0 Å². The van der Waals surface area contributed by atoms with E-state index in [1.807, 2.05) is 0 Å². The molecule has 0 aliphatic heterocycles. The van der Waals surface area contributed by atoms with Crippen molar-refractivity contribution in [3.05, 3.63) is 210 Å². The van der Waals surface area contributed by atoms with Gasteiger partial charge in [0, 0.05) is 27.9 Å². The van der Waals surface area contributed by atoms with Gasteiger partial charge in [-0.1, -0.05) is 179 Å². The number of benzene rings is 8. The van der Waals surface area contributed by atoms with Crippen LogP contribution in [0.15, 0.2) is 188 Å². The van der Waals surface area contributed by atoms with Crippen LogP contribution < -0.4 is 4.90 Å². The third-order valence-electron chi connectivity index (χ3n) is 12.3. The Morgan fingerprint density at radius 1 is 0.291 bits per heavy atom. The Kier molecular flexibility index (Phi) is 7.58. The molecule has 264 valence electrons. The largest absolute Gasteiger partial charge is 0.310 e. The van der Waals surface area contributed by atoms with E-state index in [4.69, 9.17) is 0 Å². The number of rotatable bonds is 6. The zero-order valence-corrected chi connectivity index (χ0v) is 31.8. The highest BCUT2D eigenvalue weighted by Gasteiger charge is 2.37. The van der Waals surface area contributed by atoms with E-state index in [2.05, 4.69) is 221 Å². The molecule has 10 rings (SSSR count). The van der Waals surface area contributed by atoms with Gasteiger partial charge >= 0.3 is 0 Å². The third kappa shape index (κ3) is 5.22. The van der Waals surface area contributed by atoms with Crippen LogP contribution in [0.4, 0.5) is 17.1 Å². The molecule has 0 aromatic heterocycles. The molecule has 1 nitrogen and oxygen atoms in total. The lowest BCUT2D eigenvalue weighted by molar-refractivity contribution is 0.660. The predicted molar refractivity (Wildman–Crippen MR) is 233 cm³/mol. The molecule has 0 radical (unpaired) electrons. The van der Waals surface area contributed by atoms with Crippen LogP contribution in [0.25, 0.3) is 55.6 Å². The standard InChI is InChI=1S/C54H43N/c1-53(2)49-23-13-11-20-47(49)52-46(21-14-24-50(52)53)43-18-9-8-17-42(43)38-27-31-40(32-28-38)55(39-29-25-37(26-30-39)36-15-6-5-7-16-36)41-33-34-45-44-19-10-12-22-48(44)54(3,4)51(45)35-41/h5-35H,1-4H3. The van der Waals surface area contributed by atoms with Crippen molar-refractivity contribution >= 4 is 17.1 Å². The van der Waals surface area contributed by atoms with E-state index in [0.29, 0.717) is 0 Å². The van der Waals surface area contributed by atoms with Crippen LogP contribution in [0.3, 0.4) is 0 Å². The summed E-state index contributed by atoms with van der Waals surface area (Å²) in [5.74, 6) is 0. The molecule has 0 bridgehead atoms. The van der Waals surface area contributed by atoms with Crippen LogP contribution in [0.5, 0.6) is 0 Å². The lowest BCUT2D eigenvalue weighted by atomic mass is 9.81. The summed E-state index contributed by atoms with van der Waals surface area (Å²) in [6.45, 7) is 9.42. The van der Waals surface area contributed by atoms with Gasteiger partial charge in [0.1, 0.15) is 0 Å². The molecule has 0 N–H and O–H groups in total. The van der Waals surface area contributed by atoms with Gasteiger partial charge in [0.05, 0.1) is 0 Å². The van der Waals surface area contributed by atoms with Crippen LogP contribution in [-0.4, -0.2) is 0 Å². The molecule has 0 heterocycles. The summed E-state index contributed by atoms with van der Waals surface area (Å²) in [4.78, 5) is 2.41. The molecule has 0 unspecified atom stereocenters. The summed E-state index contributed by atoms with van der Waals surface area (Å²) in [6.07, 6.45) is 0. The molecule has 1 heteroatoms. The average Bonchev–Trinajstić information content (AvgIpc) is 3.61. The minimum Gasteiger partial charge on any atom is -0.310 e. The Balaban J connectivity index is 1.08. The molecule has 55 heavy (non-hydrogen) atoms. The molecule has 0 saturated heterocycles. The van der Waals surface area contributed by atoms with Gasteiger partial charge in [-0.05, 0) is 114 Å². The van der Waals surface area contributed by atoms with Crippen molar-refractivity contribution in [2.45, 2.75) is 38.5 Å². The van der Waals surface area contributed by atoms with Crippen molar-refractivity contribution < 1.29 is 0 Å². The van der Waals surface area contributed by atoms with Crippen molar-refractivity contribution in [1.82, 2.24) is 0 Å². The van der Waals surface area contributed by atoms with Gasteiger partial charge in [-0.2, -0.15) is 0 Å². The van der Waals surface area contributed by atoms with E-state index in [1.54, 1.807) is 0 Å². The molecule has 2 aliphatic carbocycles. The first-order valence-corrected chi connectivity index (χ1v) is 19.4. The molecule has 2 aliphatic rings. The fourth-order valence-electron chi connectivity index (χ4n) is 9.45. The first-order valence-electron chi connectivity index (χ1n) is 19.4. The second kappa shape index (κ2) is 12.6. The Bertz CT molecular complexity index is 2730. The topological polar surface area (TPSA) is 3.24 Å². The molecule has 0 atom stereocenters. The van der Waals surface area contributed by atoms with Crippen molar-refractivity contribution in [3.8, 4) is 55.6 Å². The maximum absolute atomic E-state index is 2.42. The summed E-state index contributed by atoms with van der Waals surface area (Å²) in [5.41, 5.74) is 21.6. The van der Waals surface area contributed by atoms with E-state index in [1.165, 1.54) is 77.9 Å². The zero-order valence-electron chi connectivity index (χ0n) is 31.8. The van der Waals surface area contributed by atoms with Crippen molar-refractivity contribution in [1.29, 1.82) is 0 Å². The second-order valence-corrected chi connectivity index (χ2v) is 16.1. The zero-order chi connectivity index (χ0) is 37.3. The second-order valence-electron chi connectivity index (χ2n) is 16.1. The Labute approximate surface area is 325 Å². The fourth-order valence-corrected chi connectivity index (χ4v) is 9.45. The lowest BCUT2D eigenvalue weighted by Crippen LogP contribution is -2.16. The molecule has 0 fully saturated rings.